The fraction of sp³-hybridized carbons (Fsp3) is 0.529. The van der Waals surface area contributed by atoms with E-state index in [0.717, 1.165) is 17.1 Å². The number of alkyl carbamates (subject to hydrolysis) is 1. The molecule has 0 aliphatic carbocycles. The molecule has 7 heteroatoms. The number of carbonyl (C=O) groups excluding carboxylic acids is 1. The fourth-order valence-corrected chi connectivity index (χ4v) is 2.40. The molecule has 1 amide bonds. The van der Waals surface area contributed by atoms with Crippen molar-refractivity contribution in [2.24, 2.45) is 4.99 Å². The number of carbonyl (C=O) groups is 1. The summed E-state index contributed by atoms with van der Waals surface area (Å²) in [7, 11) is 1.31. The summed E-state index contributed by atoms with van der Waals surface area (Å²) in [6, 6.07) is 5.49. The number of nitrogens with zero attached hydrogens (tertiary/aromatic N) is 1. The summed E-state index contributed by atoms with van der Waals surface area (Å²) in [6.07, 6.45) is -0.500. The van der Waals surface area contributed by atoms with Crippen LogP contribution in [0, 0.1) is 0 Å². The average molecular weight is 335 g/mol. The first kappa shape index (κ1) is 17.9. The van der Waals surface area contributed by atoms with Gasteiger partial charge in [0.1, 0.15) is 17.5 Å². The van der Waals surface area contributed by atoms with E-state index in [2.05, 4.69) is 20.4 Å². The molecule has 0 bridgehead atoms. The molecule has 0 fully saturated rings. The molecule has 0 saturated carbocycles. The van der Waals surface area contributed by atoms with Crippen molar-refractivity contribution in [1.29, 1.82) is 0 Å². The highest BCUT2D eigenvalue weighted by atomic mass is 16.5. The lowest BCUT2D eigenvalue weighted by molar-refractivity contribution is 0.176. The van der Waals surface area contributed by atoms with Crippen LogP contribution in [-0.2, 0) is 4.74 Å². The van der Waals surface area contributed by atoms with E-state index < -0.39 is 6.09 Å². The van der Waals surface area contributed by atoms with E-state index in [4.69, 9.17) is 9.47 Å². The Labute approximate surface area is 142 Å². The topological polar surface area (TPSA) is 81.2 Å². The highest BCUT2D eigenvalue weighted by Gasteiger charge is 2.27. The molecular weight excluding hydrogens is 310 g/mol. The van der Waals surface area contributed by atoms with Crippen LogP contribution in [0.4, 0.5) is 4.79 Å². The van der Waals surface area contributed by atoms with Crippen LogP contribution >= 0.6 is 0 Å². The zero-order chi connectivity index (χ0) is 17.7. The Kier molecular flexibility index (Phi) is 5.89. The van der Waals surface area contributed by atoms with Crippen molar-refractivity contribution < 1.29 is 19.0 Å². The predicted molar refractivity (Wildman–Crippen MR) is 91.7 cm³/mol. The second-order valence-electron chi connectivity index (χ2n) is 5.99. The zero-order valence-electron chi connectivity index (χ0n) is 14.8. The lowest BCUT2D eigenvalue weighted by Gasteiger charge is -2.21. The first-order valence-electron chi connectivity index (χ1n) is 8.03. The summed E-state index contributed by atoms with van der Waals surface area (Å²) in [5.74, 6) is 1.85. The third kappa shape index (κ3) is 4.53. The van der Waals surface area contributed by atoms with E-state index in [1.807, 2.05) is 45.9 Å². The molecule has 0 saturated heterocycles. The number of methoxy groups -OCH3 is 1. The number of ether oxygens (including phenoxy) is 3. The first-order valence-corrected chi connectivity index (χ1v) is 8.03. The summed E-state index contributed by atoms with van der Waals surface area (Å²) >= 11 is 0. The van der Waals surface area contributed by atoms with Gasteiger partial charge in [0, 0.05) is 6.54 Å². The van der Waals surface area contributed by atoms with Crippen LogP contribution in [0.1, 0.15) is 39.3 Å². The van der Waals surface area contributed by atoms with E-state index in [1.54, 1.807) is 0 Å². The van der Waals surface area contributed by atoms with Crippen LogP contribution in [0.25, 0.3) is 0 Å². The highest BCUT2D eigenvalue weighted by molar-refractivity contribution is 5.95. The second-order valence-corrected chi connectivity index (χ2v) is 5.99. The van der Waals surface area contributed by atoms with Gasteiger partial charge in [0.15, 0.2) is 0 Å². The molecule has 2 rings (SSSR count). The van der Waals surface area contributed by atoms with E-state index in [9.17, 15) is 4.79 Å². The molecule has 2 N–H and O–H groups in total. The Morgan fingerprint density at radius 2 is 1.79 bits per heavy atom. The standard InChI is InChI=1S/C17H25N3O4/c1-10(2)23-13-7-6-8-14(24-11(3)4)15(13)12-9-18-16(19-12)20-17(21)22-5/h6-8,10-12H,9H2,1-5H3,(H2,18,19,20,21). The number of benzene rings is 1. The lowest BCUT2D eigenvalue weighted by Crippen LogP contribution is -2.37. The van der Waals surface area contributed by atoms with E-state index in [-0.39, 0.29) is 18.2 Å². The summed E-state index contributed by atoms with van der Waals surface area (Å²) in [6.45, 7) is 8.42. The minimum atomic E-state index is -0.563. The third-order valence-corrected chi connectivity index (χ3v) is 3.24. The van der Waals surface area contributed by atoms with Gasteiger partial charge >= 0.3 is 6.09 Å². The molecule has 1 unspecified atom stereocenters. The third-order valence-electron chi connectivity index (χ3n) is 3.24. The molecule has 1 aliphatic rings. The average Bonchev–Trinajstić information content (AvgIpc) is 2.94. The summed E-state index contributed by atoms with van der Waals surface area (Å²) in [5.41, 5.74) is 0.870. The Morgan fingerprint density at radius 1 is 1.21 bits per heavy atom. The van der Waals surface area contributed by atoms with Crippen molar-refractivity contribution in [3.63, 3.8) is 0 Å². The second kappa shape index (κ2) is 7.90. The number of amides is 1. The predicted octanol–water partition coefficient (Wildman–Crippen LogP) is 2.62. The van der Waals surface area contributed by atoms with Crippen LogP contribution in [0.5, 0.6) is 11.5 Å². The van der Waals surface area contributed by atoms with Gasteiger partial charge in [-0.15, -0.1) is 0 Å². The number of rotatable bonds is 5. The van der Waals surface area contributed by atoms with E-state index in [0.29, 0.717) is 12.5 Å². The number of hydrogen-bond donors (Lipinski definition) is 2. The van der Waals surface area contributed by atoms with Crippen molar-refractivity contribution >= 4 is 12.1 Å². The van der Waals surface area contributed by atoms with Gasteiger partial charge in [-0.05, 0) is 39.8 Å². The monoisotopic (exact) mass is 335 g/mol. The quantitative estimate of drug-likeness (QED) is 0.864. The molecule has 1 heterocycles. The summed E-state index contributed by atoms with van der Waals surface area (Å²) < 4.78 is 16.4. The van der Waals surface area contributed by atoms with Crippen LogP contribution in [0.15, 0.2) is 23.2 Å². The van der Waals surface area contributed by atoms with Gasteiger partial charge in [0.25, 0.3) is 0 Å². The summed E-state index contributed by atoms with van der Waals surface area (Å²) in [4.78, 5) is 15.8. The van der Waals surface area contributed by atoms with Crippen molar-refractivity contribution in [1.82, 2.24) is 10.6 Å². The Balaban J connectivity index is 2.34. The smallest absolute Gasteiger partial charge is 0.413 e. The van der Waals surface area contributed by atoms with Gasteiger partial charge in [-0.3, -0.25) is 5.32 Å². The normalized spacial score (nSPS) is 16.6. The minimum Gasteiger partial charge on any atom is -0.491 e. The Bertz CT molecular complexity index is 586. The highest BCUT2D eigenvalue weighted by Crippen LogP contribution is 2.38. The fourth-order valence-electron chi connectivity index (χ4n) is 2.40. The molecule has 0 spiro atoms. The van der Waals surface area contributed by atoms with Gasteiger partial charge < -0.3 is 19.5 Å². The van der Waals surface area contributed by atoms with Crippen molar-refractivity contribution in [2.75, 3.05) is 13.7 Å². The molecule has 0 radical (unpaired) electrons. The molecule has 1 aliphatic heterocycles. The van der Waals surface area contributed by atoms with Crippen LogP contribution in [0.2, 0.25) is 0 Å². The largest absolute Gasteiger partial charge is 0.491 e. The van der Waals surface area contributed by atoms with Crippen molar-refractivity contribution in [3.05, 3.63) is 23.8 Å². The number of guanidine groups is 1. The zero-order valence-corrected chi connectivity index (χ0v) is 14.8. The number of aliphatic imine (C=N–C) groups is 1. The SMILES string of the molecule is COC(=O)NC1=NC(c2c(OC(C)C)cccc2OC(C)C)CN1. The molecule has 1 atom stereocenters. The van der Waals surface area contributed by atoms with Crippen LogP contribution in [0.3, 0.4) is 0 Å². The van der Waals surface area contributed by atoms with Crippen molar-refractivity contribution in [2.45, 2.75) is 45.9 Å². The van der Waals surface area contributed by atoms with E-state index >= 15 is 0 Å². The molecule has 1 aromatic rings. The van der Waals surface area contributed by atoms with Crippen LogP contribution in [-0.4, -0.2) is 37.9 Å². The van der Waals surface area contributed by atoms with Gasteiger partial charge in [0.2, 0.25) is 5.96 Å². The molecule has 132 valence electrons. The Hall–Kier alpha value is -2.44. The molecular formula is C17H25N3O4. The molecule has 24 heavy (non-hydrogen) atoms. The number of nitrogens with one attached hydrogen (secondary N) is 2. The summed E-state index contributed by atoms with van der Waals surface area (Å²) in [5, 5.41) is 5.60. The van der Waals surface area contributed by atoms with Gasteiger partial charge in [-0.2, -0.15) is 0 Å². The molecule has 7 nitrogen and oxygen atoms in total. The maximum atomic E-state index is 11.3. The van der Waals surface area contributed by atoms with E-state index in [1.165, 1.54) is 7.11 Å². The molecule has 0 aromatic heterocycles. The Morgan fingerprint density at radius 3 is 2.29 bits per heavy atom. The van der Waals surface area contributed by atoms with Gasteiger partial charge in [0.05, 0.1) is 24.9 Å². The minimum absolute atomic E-state index is 0.0315. The van der Waals surface area contributed by atoms with Crippen LogP contribution < -0.4 is 20.1 Å². The maximum Gasteiger partial charge on any atom is 0.413 e. The number of hydrogen-bond acceptors (Lipinski definition) is 6. The van der Waals surface area contributed by atoms with Gasteiger partial charge in [-0.25, -0.2) is 9.79 Å². The molecule has 1 aromatic carbocycles. The first-order chi connectivity index (χ1) is 11.4. The maximum absolute atomic E-state index is 11.3. The lowest BCUT2D eigenvalue weighted by atomic mass is 10.0. The van der Waals surface area contributed by atoms with Gasteiger partial charge in [-0.1, -0.05) is 6.07 Å². The van der Waals surface area contributed by atoms with Crippen molar-refractivity contribution in [3.8, 4) is 11.5 Å².